The van der Waals surface area contributed by atoms with Crippen LogP contribution >= 0.6 is 0 Å². The smallest absolute Gasteiger partial charge is 0.272 e. The van der Waals surface area contributed by atoms with Crippen molar-refractivity contribution in [1.29, 1.82) is 0 Å². The highest BCUT2D eigenvalue weighted by atomic mass is 16.1. The van der Waals surface area contributed by atoms with E-state index >= 15 is 0 Å². The fourth-order valence-electron chi connectivity index (χ4n) is 2.56. The highest BCUT2D eigenvalue weighted by molar-refractivity contribution is 5.91. The number of aromatic nitrogens is 2. The first-order valence-electron chi connectivity index (χ1n) is 6.48. The van der Waals surface area contributed by atoms with E-state index in [0.717, 1.165) is 35.6 Å². The molecular weight excluding hydrogens is 226 g/mol. The van der Waals surface area contributed by atoms with Crippen molar-refractivity contribution in [3.8, 4) is 0 Å². The molecule has 4 nitrogen and oxygen atoms in total. The predicted octanol–water partition coefficient (Wildman–Crippen LogP) is 2.16. The van der Waals surface area contributed by atoms with Crippen molar-refractivity contribution >= 4 is 16.6 Å². The number of nitrogens with one attached hydrogen (secondary N) is 1. The van der Waals surface area contributed by atoms with Crippen LogP contribution in [0.4, 0.5) is 5.82 Å². The first-order chi connectivity index (χ1) is 8.75. The number of hydrogen-bond acceptors (Lipinski definition) is 3. The highest BCUT2D eigenvalue weighted by Crippen LogP contribution is 2.25. The maximum absolute atomic E-state index is 11.7. The standard InChI is InChI=1S/C14H17N3O/c1-10-6-8-17(9-7-10)13-11-4-2-3-5-12(11)14(18)16-15-13/h2-5,10H,6-9H2,1H3,(H,16,18). The van der Waals surface area contributed by atoms with Crippen LogP contribution in [-0.4, -0.2) is 23.3 Å². The minimum atomic E-state index is -0.111. The molecule has 1 aliphatic rings. The van der Waals surface area contributed by atoms with Gasteiger partial charge in [0.15, 0.2) is 5.82 Å². The molecule has 0 saturated carbocycles. The zero-order chi connectivity index (χ0) is 12.5. The van der Waals surface area contributed by atoms with Crippen molar-refractivity contribution in [1.82, 2.24) is 10.2 Å². The molecule has 1 N–H and O–H groups in total. The molecule has 94 valence electrons. The third-order valence-electron chi connectivity index (χ3n) is 3.76. The van der Waals surface area contributed by atoms with Gasteiger partial charge in [0.05, 0.1) is 5.39 Å². The number of piperidine rings is 1. The lowest BCUT2D eigenvalue weighted by molar-refractivity contribution is 0.436. The van der Waals surface area contributed by atoms with Gasteiger partial charge in [-0.25, -0.2) is 5.10 Å². The van der Waals surface area contributed by atoms with E-state index in [0.29, 0.717) is 0 Å². The molecule has 2 aromatic rings. The Morgan fingerprint density at radius 3 is 2.61 bits per heavy atom. The van der Waals surface area contributed by atoms with Crippen LogP contribution in [-0.2, 0) is 0 Å². The summed E-state index contributed by atoms with van der Waals surface area (Å²) in [5, 5.41) is 8.53. The molecule has 3 rings (SSSR count). The number of fused-ring (bicyclic) bond motifs is 1. The SMILES string of the molecule is CC1CCN(c2n[nH]c(=O)c3ccccc23)CC1. The van der Waals surface area contributed by atoms with Gasteiger partial charge in [0.25, 0.3) is 5.56 Å². The molecule has 1 aromatic heterocycles. The molecular formula is C14H17N3O. The average molecular weight is 243 g/mol. The van der Waals surface area contributed by atoms with E-state index in [-0.39, 0.29) is 5.56 Å². The first-order valence-corrected chi connectivity index (χ1v) is 6.48. The van der Waals surface area contributed by atoms with Crippen LogP contribution in [0.1, 0.15) is 19.8 Å². The Hall–Kier alpha value is -1.84. The Kier molecular flexibility index (Phi) is 2.78. The Morgan fingerprint density at radius 2 is 1.89 bits per heavy atom. The Balaban J connectivity index is 2.07. The van der Waals surface area contributed by atoms with Crippen molar-refractivity contribution < 1.29 is 0 Å². The number of nitrogens with zero attached hydrogens (tertiary/aromatic N) is 2. The molecule has 0 spiro atoms. The highest BCUT2D eigenvalue weighted by Gasteiger charge is 2.19. The Morgan fingerprint density at radius 1 is 1.22 bits per heavy atom. The van der Waals surface area contributed by atoms with Gasteiger partial charge < -0.3 is 4.90 Å². The molecule has 18 heavy (non-hydrogen) atoms. The summed E-state index contributed by atoms with van der Waals surface area (Å²) in [6.45, 7) is 4.32. The molecule has 1 fully saturated rings. The minimum absolute atomic E-state index is 0.111. The van der Waals surface area contributed by atoms with Crippen LogP contribution < -0.4 is 10.5 Å². The van der Waals surface area contributed by atoms with E-state index in [9.17, 15) is 4.79 Å². The van der Waals surface area contributed by atoms with Crippen molar-refractivity contribution in [3.63, 3.8) is 0 Å². The van der Waals surface area contributed by atoms with E-state index in [1.54, 1.807) is 0 Å². The molecule has 0 amide bonds. The summed E-state index contributed by atoms with van der Waals surface area (Å²) in [4.78, 5) is 14.0. The molecule has 1 saturated heterocycles. The van der Waals surface area contributed by atoms with E-state index in [4.69, 9.17) is 0 Å². The number of aromatic amines is 1. The second-order valence-electron chi connectivity index (χ2n) is 5.09. The van der Waals surface area contributed by atoms with Gasteiger partial charge in [0.2, 0.25) is 0 Å². The van der Waals surface area contributed by atoms with Crippen LogP contribution in [0, 0.1) is 5.92 Å². The van der Waals surface area contributed by atoms with Gasteiger partial charge in [0, 0.05) is 18.5 Å². The van der Waals surface area contributed by atoms with Crippen LogP contribution in [0.15, 0.2) is 29.1 Å². The zero-order valence-electron chi connectivity index (χ0n) is 10.5. The van der Waals surface area contributed by atoms with E-state index < -0.39 is 0 Å². The van der Waals surface area contributed by atoms with Gasteiger partial charge in [-0.15, -0.1) is 0 Å². The lowest BCUT2D eigenvalue weighted by atomic mass is 9.99. The molecule has 0 radical (unpaired) electrons. The van der Waals surface area contributed by atoms with Crippen molar-refractivity contribution in [2.45, 2.75) is 19.8 Å². The number of rotatable bonds is 1. The van der Waals surface area contributed by atoms with Crippen molar-refractivity contribution in [3.05, 3.63) is 34.6 Å². The third kappa shape index (κ3) is 1.88. The molecule has 1 aliphatic heterocycles. The molecule has 0 atom stereocenters. The molecule has 4 heteroatoms. The number of hydrogen-bond donors (Lipinski definition) is 1. The first kappa shape index (κ1) is 11.3. The van der Waals surface area contributed by atoms with Gasteiger partial charge >= 0.3 is 0 Å². The number of anilines is 1. The lowest BCUT2D eigenvalue weighted by Crippen LogP contribution is -2.34. The van der Waals surface area contributed by atoms with Gasteiger partial charge in [0.1, 0.15) is 0 Å². The lowest BCUT2D eigenvalue weighted by Gasteiger charge is -2.31. The fourth-order valence-corrected chi connectivity index (χ4v) is 2.56. The van der Waals surface area contributed by atoms with Gasteiger partial charge in [-0.3, -0.25) is 4.79 Å². The molecule has 0 aliphatic carbocycles. The minimum Gasteiger partial charge on any atom is -0.355 e. The Bertz CT molecular complexity index is 612. The second kappa shape index (κ2) is 4.44. The average Bonchev–Trinajstić information content (AvgIpc) is 2.41. The van der Waals surface area contributed by atoms with Gasteiger partial charge in [-0.1, -0.05) is 25.1 Å². The van der Waals surface area contributed by atoms with Crippen LogP contribution in [0.5, 0.6) is 0 Å². The van der Waals surface area contributed by atoms with Crippen molar-refractivity contribution in [2.75, 3.05) is 18.0 Å². The van der Waals surface area contributed by atoms with E-state index in [2.05, 4.69) is 22.0 Å². The molecule has 1 aromatic carbocycles. The summed E-state index contributed by atoms with van der Waals surface area (Å²) in [6.07, 6.45) is 2.38. The van der Waals surface area contributed by atoms with Gasteiger partial charge in [-0.2, -0.15) is 5.10 Å². The maximum atomic E-state index is 11.7. The monoisotopic (exact) mass is 243 g/mol. The summed E-state index contributed by atoms with van der Waals surface area (Å²) in [7, 11) is 0. The maximum Gasteiger partial charge on any atom is 0.272 e. The summed E-state index contributed by atoms with van der Waals surface area (Å²) in [5.74, 6) is 1.70. The van der Waals surface area contributed by atoms with Crippen LogP contribution in [0.3, 0.4) is 0 Å². The molecule has 0 bridgehead atoms. The van der Waals surface area contributed by atoms with E-state index in [1.807, 2.05) is 24.3 Å². The van der Waals surface area contributed by atoms with Gasteiger partial charge in [-0.05, 0) is 24.8 Å². The number of H-pyrrole nitrogens is 1. The summed E-state index contributed by atoms with van der Waals surface area (Å²) in [6, 6.07) is 7.68. The van der Waals surface area contributed by atoms with Crippen LogP contribution in [0.25, 0.3) is 10.8 Å². The second-order valence-corrected chi connectivity index (χ2v) is 5.09. The summed E-state index contributed by atoms with van der Waals surface area (Å²) in [5.41, 5.74) is -0.111. The Labute approximate surface area is 106 Å². The molecule has 0 unspecified atom stereocenters. The topological polar surface area (TPSA) is 49.0 Å². The van der Waals surface area contributed by atoms with Crippen molar-refractivity contribution in [2.24, 2.45) is 5.92 Å². The summed E-state index contributed by atoms with van der Waals surface area (Å²) >= 11 is 0. The van der Waals surface area contributed by atoms with Crippen LogP contribution in [0.2, 0.25) is 0 Å². The zero-order valence-corrected chi connectivity index (χ0v) is 10.5. The summed E-state index contributed by atoms with van der Waals surface area (Å²) < 4.78 is 0. The largest absolute Gasteiger partial charge is 0.355 e. The van der Waals surface area contributed by atoms with E-state index in [1.165, 1.54) is 12.8 Å². The molecule has 2 heterocycles. The fraction of sp³-hybridized carbons (Fsp3) is 0.429. The normalized spacial score (nSPS) is 17.3. The third-order valence-corrected chi connectivity index (χ3v) is 3.76. The number of benzene rings is 1. The quantitative estimate of drug-likeness (QED) is 0.835. The predicted molar refractivity (Wildman–Crippen MR) is 73.0 cm³/mol.